The summed E-state index contributed by atoms with van der Waals surface area (Å²) >= 11 is 0. The highest BCUT2D eigenvalue weighted by molar-refractivity contribution is 5.90. The van der Waals surface area contributed by atoms with E-state index in [9.17, 15) is 18.0 Å². The van der Waals surface area contributed by atoms with Gasteiger partial charge in [-0.1, -0.05) is 39.0 Å². The highest BCUT2D eigenvalue weighted by Gasteiger charge is 2.28. The van der Waals surface area contributed by atoms with Crippen LogP contribution in [-0.4, -0.2) is 18.8 Å². The van der Waals surface area contributed by atoms with Gasteiger partial charge in [0.1, 0.15) is 6.54 Å². The van der Waals surface area contributed by atoms with Gasteiger partial charge in [0.05, 0.1) is 0 Å². The number of anilines is 1. The van der Waals surface area contributed by atoms with Crippen LogP contribution in [0.2, 0.25) is 0 Å². The van der Waals surface area contributed by atoms with Crippen molar-refractivity contribution >= 4 is 11.7 Å². The molecule has 0 spiro atoms. The highest BCUT2D eigenvalue weighted by Crippen LogP contribution is 2.29. The molecule has 0 saturated heterocycles. The number of hydrogen-bond acceptors (Lipinski definition) is 1. The van der Waals surface area contributed by atoms with E-state index in [2.05, 4.69) is 5.32 Å². The van der Waals surface area contributed by atoms with E-state index in [1.165, 1.54) is 0 Å². The molecule has 0 atom stereocenters. The van der Waals surface area contributed by atoms with Crippen molar-refractivity contribution in [1.82, 2.24) is 5.32 Å². The first-order chi connectivity index (χ1) is 8.59. The zero-order valence-electron chi connectivity index (χ0n) is 11.1. The molecule has 0 aromatic heterocycles. The topological polar surface area (TPSA) is 41.1 Å². The van der Waals surface area contributed by atoms with Crippen molar-refractivity contribution in [1.29, 1.82) is 0 Å². The number of hydrogen-bond donors (Lipinski definition) is 2. The second-order valence-electron chi connectivity index (χ2n) is 5.22. The number of rotatable bonds is 2. The van der Waals surface area contributed by atoms with Crippen LogP contribution in [0, 0.1) is 0 Å². The number of carbonyl (C=O) groups is 1. The monoisotopic (exact) mass is 274 g/mol. The minimum atomic E-state index is -4.42. The molecule has 0 saturated carbocycles. The molecule has 6 heteroatoms. The summed E-state index contributed by atoms with van der Waals surface area (Å²) in [4.78, 5) is 11.4. The first-order valence-corrected chi connectivity index (χ1v) is 5.81. The number of urea groups is 1. The third-order valence-corrected chi connectivity index (χ3v) is 2.43. The van der Waals surface area contributed by atoms with Crippen LogP contribution in [0.5, 0.6) is 0 Å². The Morgan fingerprint density at radius 2 is 1.74 bits per heavy atom. The van der Waals surface area contributed by atoms with E-state index in [0.717, 1.165) is 5.56 Å². The van der Waals surface area contributed by atoms with Gasteiger partial charge >= 0.3 is 12.2 Å². The fraction of sp³-hybridized carbons (Fsp3) is 0.462. The van der Waals surface area contributed by atoms with Gasteiger partial charge in [-0.2, -0.15) is 13.2 Å². The van der Waals surface area contributed by atoms with Crippen LogP contribution in [0.4, 0.5) is 23.7 Å². The molecule has 0 aliphatic rings. The Hall–Kier alpha value is -1.72. The molecule has 0 aliphatic carbocycles. The lowest BCUT2D eigenvalue weighted by Crippen LogP contribution is -2.37. The number of benzene rings is 1. The zero-order valence-corrected chi connectivity index (χ0v) is 11.1. The largest absolute Gasteiger partial charge is 0.405 e. The van der Waals surface area contributed by atoms with Crippen molar-refractivity contribution < 1.29 is 18.0 Å². The molecule has 2 N–H and O–H groups in total. The van der Waals surface area contributed by atoms with E-state index in [1.54, 1.807) is 17.4 Å². The molecule has 3 nitrogen and oxygen atoms in total. The van der Waals surface area contributed by atoms with E-state index in [1.807, 2.05) is 32.9 Å². The van der Waals surface area contributed by atoms with Gasteiger partial charge in [-0.05, 0) is 17.0 Å². The number of carbonyl (C=O) groups excluding carboxylic acids is 1. The Morgan fingerprint density at radius 1 is 1.16 bits per heavy atom. The molecule has 0 radical (unpaired) electrons. The second kappa shape index (κ2) is 5.50. The fourth-order valence-corrected chi connectivity index (χ4v) is 1.59. The molecule has 106 valence electrons. The average molecular weight is 274 g/mol. The Balaban J connectivity index is 2.75. The van der Waals surface area contributed by atoms with Crippen molar-refractivity contribution in [3.63, 3.8) is 0 Å². The first kappa shape index (κ1) is 15.3. The standard InChI is InChI=1S/C13H17F3N2O/c1-12(2,3)9-6-4-5-7-10(9)18-11(19)17-8-13(14,15)16/h4-7H,8H2,1-3H3,(H2,17,18,19). The minimum absolute atomic E-state index is 0.214. The van der Waals surface area contributed by atoms with Crippen molar-refractivity contribution in [2.45, 2.75) is 32.4 Å². The second-order valence-corrected chi connectivity index (χ2v) is 5.22. The zero-order chi connectivity index (χ0) is 14.7. The van der Waals surface area contributed by atoms with Gasteiger partial charge in [0.25, 0.3) is 0 Å². The smallest absolute Gasteiger partial charge is 0.329 e. The van der Waals surface area contributed by atoms with E-state index in [4.69, 9.17) is 0 Å². The van der Waals surface area contributed by atoms with Crippen LogP contribution in [-0.2, 0) is 5.41 Å². The Morgan fingerprint density at radius 3 is 2.26 bits per heavy atom. The Labute approximate surface area is 110 Å². The summed E-state index contributed by atoms with van der Waals surface area (Å²) in [6, 6.07) is 6.16. The number of alkyl halides is 3. The van der Waals surface area contributed by atoms with Crippen LogP contribution in [0.3, 0.4) is 0 Å². The maximum Gasteiger partial charge on any atom is 0.405 e. The van der Waals surface area contributed by atoms with E-state index in [0.29, 0.717) is 5.69 Å². The van der Waals surface area contributed by atoms with E-state index in [-0.39, 0.29) is 5.41 Å². The van der Waals surface area contributed by atoms with Gasteiger partial charge in [0, 0.05) is 5.69 Å². The van der Waals surface area contributed by atoms with Crippen molar-refractivity contribution in [2.75, 3.05) is 11.9 Å². The number of halogens is 3. The Kier molecular flexibility index (Phi) is 4.44. The van der Waals surface area contributed by atoms with Crippen LogP contribution < -0.4 is 10.6 Å². The summed E-state index contributed by atoms with van der Waals surface area (Å²) < 4.78 is 35.9. The first-order valence-electron chi connectivity index (χ1n) is 5.81. The third-order valence-electron chi connectivity index (χ3n) is 2.43. The predicted octanol–water partition coefficient (Wildman–Crippen LogP) is 3.67. The number of nitrogens with one attached hydrogen (secondary N) is 2. The van der Waals surface area contributed by atoms with Crippen molar-refractivity contribution in [2.24, 2.45) is 0 Å². The lowest BCUT2D eigenvalue weighted by atomic mass is 9.86. The summed E-state index contributed by atoms with van der Waals surface area (Å²) in [5, 5.41) is 4.21. The third kappa shape index (κ3) is 5.19. The van der Waals surface area contributed by atoms with Gasteiger partial charge < -0.3 is 10.6 Å². The van der Waals surface area contributed by atoms with Gasteiger partial charge in [0.2, 0.25) is 0 Å². The summed E-state index contributed by atoms with van der Waals surface area (Å²) in [5.41, 5.74) is 1.15. The highest BCUT2D eigenvalue weighted by atomic mass is 19.4. The van der Waals surface area contributed by atoms with Gasteiger partial charge in [-0.15, -0.1) is 0 Å². The molecule has 0 fully saturated rings. The van der Waals surface area contributed by atoms with Crippen LogP contribution >= 0.6 is 0 Å². The molecule has 0 unspecified atom stereocenters. The van der Waals surface area contributed by atoms with Crippen LogP contribution in [0.25, 0.3) is 0 Å². The molecular weight excluding hydrogens is 257 g/mol. The summed E-state index contributed by atoms with van der Waals surface area (Å²) in [6.45, 7) is 4.53. The molecule has 0 heterocycles. The number of amides is 2. The lowest BCUT2D eigenvalue weighted by molar-refractivity contribution is -0.122. The maximum absolute atomic E-state index is 12.0. The van der Waals surface area contributed by atoms with Gasteiger partial charge in [-0.3, -0.25) is 0 Å². The normalized spacial score (nSPS) is 12.1. The summed E-state index contributed by atoms with van der Waals surface area (Å²) in [5.74, 6) is 0. The van der Waals surface area contributed by atoms with E-state index >= 15 is 0 Å². The summed E-state index contributed by atoms with van der Waals surface area (Å²) in [7, 11) is 0. The molecule has 2 amide bonds. The fourth-order valence-electron chi connectivity index (χ4n) is 1.59. The van der Waals surface area contributed by atoms with Gasteiger partial charge in [-0.25, -0.2) is 4.79 Å². The SMILES string of the molecule is CC(C)(C)c1ccccc1NC(=O)NCC(F)(F)F. The molecular formula is C13H17F3N2O. The quantitative estimate of drug-likeness (QED) is 0.848. The lowest BCUT2D eigenvalue weighted by Gasteiger charge is -2.23. The Bertz CT molecular complexity index is 450. The molecule has 0 bridgehead atoms. The predicted molar refractivity (Wildman–Crippen MR) is 68.2 cm³/mol. The minimum Gasteiger partial charge on any atom is -0.329 e. The van der Waals surface area contributed by atoms with E-state index < -0.39 is 18.8 Å². The van der Waals surface area contributed by atoms with Gasteiger partial charge in [0.15, 0.2) is 0 Å². The molecule has 1 rings (SSSR count). The maximum atomic E-state index is 12.0. The molecule has 1 aromatic carbocycles. The van der Waals surface area contributed by atoms with Crippen molar-refractivity contribution in [3.05, 3.63) is 29.8 Å². The molecule has 0 aliphatic heterocycles. The van der Waals surface area contributed by atoms with Crippen molar-refractivity contribution in [3.8, 4) is 0 Å². The summed E-state index contributed by atoms with van der Waals surface area (Å²) in [6.07, 6.45) is -4.42. The average Bonchev–Trinajstić information content (AvgIpc) is 2.25. The molecule has 1 aromatic rings. The molecule has 19 heavy (non-hydrogen) atoms. The number of para-hydroxylation sites is 1. The van der Waals surface area contributed by atoms with Crippen LogP contribution in [0.15, 0.2) is 24.3 Å². The van der Waals surface area contributed by atoms with Crippen LogP contribution in [0.1, 0.15) is 26.3 Å².